The Labute approximate surface area is 185 Å². The van der Waals surface area contributed by atoms with Crippen molar-refractivity contribution in [1.29, 1.82) is 0 Å². The van der Waals surface area contributed by atoms with Crippen molar-refractivity contribution in [2.75, 3.05) is 11.1 Å². The van der Waals surface area contributed by atoms with Gasteiger partial charge in [0.15, 0.2) is 5.16 Å². The molecule has 2 aromatic carbocycles. The van der Waals surface area contributed by atoms with E-state index in [0.29, 0.717) is 17.4 Å². The molecule has 31 heavy (non-hydrogen) atoms. The Hall–Kier alpha value is -3.10. The molecule has 2 amide bonds. The van der Waals surface area contributed by atoms with E-state index < -0.39 is 0 Å². The Morgan fingerprint density at radius 2 is 1.77 bits per heavy atom. The smallest absolute Gasteiger partial charge is 0.240 e. The minimum atomic E-state index is -0.242. The van der Waals surface area contributed by atoms with Crippen molar-refractivity contribution in [1.82, 2.24) is 14.9 Å². The number of carbonyl (C=O) groups is 2. The number of nitrogens with one attached hydrogen (secondary N) is 2. The molecule has 0 bridgehead atoms. The molecule has 0 aliphatic carbocycles. The predicted molar refractivity (Wildman–Crippen MR) is 122 cm³/mol. The summed E-state index contributed by atoms with van der Waals surface area (Å²) < 4.78 is 1.63. The van der Waals surface area contributed by atoms with E-state index in [9.17, 15) is 14.7 Å². The number of hydrogen-bond acceptors (Lipinski definition) is 5. The number of carbonyl (C=O) groups excluding carboxylic acids is 2. The van der Waals surface area contributed by atoms with Gasteiger partial charge in [0.25, 0.3) is 0 Å². The molecule has 0 spiro atoms. The van der Waals surface area contributed by atoms with E-state index in [4.69, 9.17) is 0 Å². The van der Waals surface area contributed by atoms with Crippen LogP contribution in [0.1, 0.15) is 22.4 Å². The Balaban J connectivity index is 1.58. The van der Waals surface area contributed by atoms with Crippen LogP contribution in [-0.2, 0) is 29.3 Å². The van der Waals surface area contributed by atoms with Gasteiger partial charge < -0.3 is 20.3 Å². The van der Waals surface area contributed by atoms with Crippen LogP contribution in [-0.4, -0.2) is 32.2 Å². The molecule has 8 heteroatoms. The summed E-state index contributed by atoms with van der Waals surface area (Å²) in [6.45, 7) is 4.16. The quantitative estimate of drug-likeness (QED) is 0.446. The first-order chi connectivity index (χ1) is 14.9. The van der Waals surface area contributed by atoms with E-state index in [-0.39, 0.29) is 30.7 Å². The van der Waals surface area contributed by atoms with Gasteiger partial charge in [0.1, 0.15) is 6.54 Å². The van der Waals surface area contributed by atoms with Gasteiger partial charge in [-0.05, 0) is 42.7 Å². The second kappa shape index (κ2) is 10.8. The van der Waals surface area contributed by atoms with E-state index in [1.54, 1.807) is 4.57 Å². The third-order valence-electron chi connectivity index (χ3n) is 4.54. The van der Waals surface area contributed by atoms with E-state index in [2.05, 4.69) is 15.6 Å². The van der Waals surface area contributed by atoms with Crippen LogP contribution in [0.3, 0.4) is 0 Å². The maximum Gasteiger partial charge on any atom is 0.240 e. The summed E-state index contributed by atoms with van der Waals surface area (Å²) in [4.78, 5) is 29.1. The summed E-state index contributed by atoms with van der Waals surface area (Å²) in [6, 6.07) is 15.5. The van der Waals surface area contributed by atoms with Gasteiger partial charge in [-0.1, -0.05) is 48.2 Å². The number of rotatable bonds is 9. The van der Waals surface area contributed by atoms with E-state index in [1.165, 1.54) is 18.0 Å². The normalized spacial score (nSPS) is 10.7. The lowest BCUT2D eigenvalue weighted by Gasteiger charge is -2.12. The Bertz CT molecular complexity index is 1030. The molecule has 0 fully saturated rings. The number of amides is 2. The maximum absolute atomic E-state index is 12.4. The number of aliphatic hydroxyl groups excluding tert-OH is 1. The fraction of sp³-hybridized carbons (Fsp3) is 0.261. The zero-order valence-electron chi connectivity index (χ0n) is 17.6. The van der Waals surface area contributed by atoms with Crippen LogP contribution >= 0.6 is 11.8 Å². The number of anilines is 1. The highest BCUT2D eigenvalue weighted by Crippen LogP contribution is 2.20. The van der Waals surface area contributed by atoms with Crippen LogP contribution in [0, 0.1) is 13.8 Å². The largest absolute Gasteiger partial charge is 0.390 e. The number of aliphatic hydroxyl groups is 1. The Kier molecular flexibility index (Phi) is 7.86. The molecule has 3 N–H and O–H groups in total. The molecule has 0 aliphatic rings. The highest BCUT2D eigenvalue weighted by Gasteiger charge is 2.15. The molecule has 0 unspecified atom stereocenters. The first-order valence-corrected chi connectivity index (χ1v) is 10.9. The van der Waals surface area contributed by atoms with Crippen molar-refractivity contribution in [2.24, 2.45) is 0 Å². The maximum atomic E-state index is 12.4. The number of aromatic nitrogens is 2. The summed E-state index contributed by atoms with van der Waals surface area (Å²) in [5.41, 5.74) is 4.43. The molecule has 0 radical (unpaired) electrons. The Morgan fingerprint density at radius 3 is 2.45 bits per heavy atom. The lowest BCUT2D eigenvalue weighted by molar-refractivity contribution is -0.122. The fourth-order valence-electron chi connectivity index (χ4n) is 3.17. The van der Waals surface area contributed by atoms with Crippen LogP contribution in [0.25, 0.3) is 0 Å². The van der Waals surface area contributed by atoms with Gasteiger partial charge in [-0.15, -0.1) is 0 Å². The van der Waals surface area contributed by atoms with E-state index in [1.807, 2.05) is 62.4 Å². The van der Waals surface area contributed by atoms with Crippen molar-refractivity contribution in [3.8, 4) is 0 Å². The number of aryl methyl sites for hydroxylation is 2. The second-order valence-electron chi connectivity index (χ2n) is 7.25. The summed E-state index contributed by atoms with van der Waals surface area (Å²) in [5.74, 6) is -0.220. The first-order valence-electron chi connectivity index (χ1n) is 9.91. The van der Waals surface area contributed by atoms with Gasteiger partial charge in [-0.25, -0.2) is 4.98 Å². The van der Waals surface area contributed by atoms with E-state index in [0.717, 1.165) is 22.4 Å². The summed E-state index contributed by atoms with van der Waals surface area (Å²) in [6.07, 6.45) is 1.52. The highest BCUT2D eigenvalue weighted by atomic mass is 32.2. The molecule has 0 saturated heterocycles. The number of imidazole rings is 1. The van der Waals surface area contributed by atoms with E-state index >= 15 is 0 Å². The third-order valence-corrected chi connectivity index (χ3v) is 5.53. The number of benzene rings is 2. The highest BCUT2D eigenvalue weighted by molar-refractivity contribution is 7.99. The lowest BCUT2D eigenvalue weighted by atomic mass is 10.1. The summed E-state index contributed by atoms with van der Waals surface area (Å²) in [5, 5.41) is 15.9. The number of hydrogen-bond donors (Lipinski definition) is 3. The van der Waals surface area contributed by atoms with Gasteiger partial charge in [-0.2, -0.15) is 0 Å². The molecule has 162 valence electrons. The van der Waals surface area contributed by atoms with Gasteiger partial charge in [0, 0.05) is 12.2 Å². The molecule has 0 aliphatic heterocycles. The average Bonchev–Trinajstić information content (AvgIpc) is 3.12. The molecule has 1 heterocycles. The number of nitrogens with zero attached hydrogens (tertiary/aromatic N) is 2. The van der Waals surface area contributed by atoms with Gasteiger partial charge in [0.2, 0.25) is 11.8 Å². The molecular weight excluding hydrogens is 412 g/mol. The minimum absolute atomic E-state index is 0.0176. The van der Waals surface area contributed by atoms with Crippen molar-refractivity contribution in [3.05, 3.63) is 77.1 Å². The monoisotopic (exact) mass is 438 g/mol. The number of thioether (sulfide) groups is 1. The SMILES string of the molecule is Cc1cc(C)cc(NC(=O)CSc2ncc(CO)n2CC(=O)NCc2ccccc2)c1. The van der Waals surface area contributed by atoms with Gasteiger partial charge in [-0.3, -0.25) is 9.59 Å². The zero-order chi connectivity index (χ0) is 22.2. The van der Waals surface area contributed by atoms with Crippen LogP contribution in [0.4, 0.5) is 5.69 Å². The molecule has 3 aromatic rings. The summed E-state index contributed by atoms with van der Waals surface area (Å²) >= 11 is 1.22. The van der Waals surface area contributed by atoms with Crippen molar-refractivity contribution in [3.63, 3.8) is 0 Å². The standard InChI is InChI=1S/C23H26N4O3S/c1-16-8-17(2)10-19(9-16)26-22(30)15-31-23-25-12-20(14-28)27(23)13-21(29)24-11-18-6-4-3-5-7-18/h3-10,12,28H,11,13-15H2,1-2H3,(H,24,29)(H,26,30). The van der Waals surface area contributed by atoms with Crippen LogP contribution < -0.4 is 10.6 Å². The fourth-order valence-corrected chi connectivity index (χ4v) is 3.97. The lowest BCUT2D eigenvalue weighted by Crippen LogP contribution is -2.28. The van der Waals surface area contributed by atoms with Gasteiger partial charge >= 0.3 is 0 Å². The molecule has 1 aromatic heterocycles. The van der Waals surface area contributed by atoms with Crippen LogP contribution in [0.15, 0.2) is 59.9 Å². The van der Waals surface area contributed by atoms with Crippen molar-refractivity contribution < 1.29 is 14.7 Å². The average molecular weight is 439 g/mol. The second-order valence-corrected chi connectivity index (χ2v) is 8.19. The summed E-state index contributed by atoms with van der Waals surface area (Å²) in [7, 11) is 0. The van der Waals surface area contributed by atoms with Gasteiger partial charge in [0.05, 0.1) is 24.3 Å². The molecule has 0 saturated carbocycles. The molecule has 0 atom stereocenters. The van der Waals surface area contributed by atoms with Crippen LogP contribution in [0.5, 0.6) is 0 Å². The minimum Gasteiger partial charge on any atom is -0.390 e. The first kappa shape index (κ1) is 22.6. The van der Waals surface area contributed by atoms with Crippen LogP contribution in [0.2, 0.25) is 0 Å². The topological polar surface area (TPSA) is 96.2 Å². The predicted octanol–water partition coefficient (Wildman–Crippen LogP) is 3.04. The molecule has 7 nitrogen and oxygen atoms in total. The zero-order valence-corrected chi connectivity index (χ0v) is 18.4. The molecule has 3 rings (SSSR count). The van der Waals surface area contributed by atoms with Crippen molar-refractivity contribution in [2.45, 2.75) is 38.7 Å². The van der Waals surface area contributed by atoms with Crippen molar-refractivity contribution >= 4 is 29.3 Å². The third kappa shape index (κ3) is 6.70. The molecular formula is C23H26N4O3S. The Morgan fingerprint density at radius 1 is 1.06 bits per heavy atom.